The minimum atomic E-state index is -0.766. The van der Waals surface area contributed by atoms with Crippen LogP contribution in [0.15, 0.2) is 48.5 Å². The van der Waals surface area contributed by atoms with Gasteiger partial charge >= 0.3 is 5.97 Å². The highest BCUT2D eigenvalue weighted by Crippen LogP contribution is 2.23. The second-order valence-electron chi connectivity index (χ2n) is 4.56. The highest BCUT2D eigenvalue weighted by molar-refractivity contribution is 5.96. The summed E-state index contributed by atoms with van der Waals surface area (Å²) < 4.78 is 23.3. The Morgan fingerprint density at radius 3 is 2.65 bits per heavy atom. The maximum atomic E-state index is 13.0. The summed E-state index contributed by atoms with van der Waals surface area (Å²) in [5.74, 6) is -1.30. The standard InChI is InChI=1S/C17H16FNO4/c1-2-22-15-9-4-3-8-14(15)19-16(20)11-23-17(21)12-6-5-7-13(18)10-12/h3-10H,2,11H2,1H3,(H,19,20). The first-order chi connectivity index (χ1) is 11.1. The molecule has 0 spiro atoms. The summed E-state index contributed by atoms with van der Waals surface area (Å²) in [6.45, 7) is 1.82. The van der Waals surface area contributed by atoms with E-state index >= 15 is 0 Å². The zero-order valence-electron chi connectivity index (χ0n) is 12.5. The number of nitrogens with one attached hydrogen (secondary N) is 1. The van der Waals surface area contributed by atoms with Crippen LogP contribution in [0.4, 0.5) is 10.1 Å². The Balaban J connectivity index is 1.92. The van der Waals surface area contributed by atoms with Crippen molar-refractivity contribution in [2.45, 2.75) is 6.92 Å². The Kier molecular flexibility index (Phi) is 5.68. The molecule has 0 unspecified atom stereocenters. The molecule has 0 aromatic heterocycles. The Morgan fingerprint density at radius 2 is 1.91 bits per heavy atom. The topological polar surface area (TPSA) is 64.6 Å². The lowest BCUT2D eigenvalue weighted by molar-refractivity contribution is -0.119. The van der Waals surface area contributed by atoms with Crippen molar-refractivity contribution in [3.8, 4) is 5.75 Å². The van der Waals surface area contributed by atoms with Crippen molar-refractivity contribution in [3.63, 3.8) is 0 Å². The molecule has 0 aliphatic heterocycles. The average molecular weight is 317 g/mol. The quantitative estimate of drug-likeness (QED) is 0.832. The van der Waals surface area contributed by atoms with Crippen molar-refractivity contribution in [1.82, 2.24) is 0 Å². The van der Waals surface area contributed by atoms with Gasteiger partial charge < -0.3 is 14.8 Å². The molecule has 0 heterocycles. The van der Waals surface area contributed by atoms with Crippen molar-refractivity contribution < 1.29 is 23.5 Å². The van der Waals surface area contributed by atoms with Crippen LogP contribution >= 0.6 is 0 Å². The number of amides is 1. The molecule has 120 valence electrons. The number of halogens is 1. The summed E-state index contributed by atoms with van der Waals surface area (Å²) in [7, 11) is 0. The number of carbonyl (C=O) groups is 2. The fraction of sp³-hybridized carbons (Fsp3) is 0.176. The normalized spacial score (nSPS) is 10.0. The molecule has 0 radical (unpaired) electrons. The molecule has 0 atom stereocenters. The molecule has 1 N–H and O–H groups in total. The summed E-state index contributed by atoms with van der Waals surface area (Å²) in [6.07, 6.45) is 0. The van der Waals surface area contributed by atoms with Crippen molar-refractivity contribution in [2.24, 2.45) is 0 Å². The third-order valence-electron chi connectivity index (χ3n) is 2.86. The molecule has 1 amide bonds. The number of para-hydroxylation sites is 2. The van der Waals surface area contributed by atoms with Gasteiger partial charge in [0.2, 0.25) is 0 Å². The minimum Gasteiger partial charge on any atom is -0.492 e. The summed E-state index contributed by atoms with van der Waals surface area (Å²) in [5.41, 5.74) is 0.536. The van der Waals surface area contributed by atoms with E-state index in [0.29, 0.717) is 18.0 Å². The van der Waals surface area contributed by atoms with Crippen LogP contribution in [0, 0.1) is 5.82 Å². The van der Waals surface area contributed by atoms with Crippen LogP contribution in [0.1, 0.15) is 17.3 Å². The average Bonchev–Trinajstić information content (AvgIpc) is 2.54. The summed E-state index contributed by atoms with van der Waals surface area (Å²) in [5, 5.41) is 2.60. The van der Waals surface area contributed by atoms with E-state index in [1.807, 2.05) is 6.92 Å². The number of esters is 1. The van der Waals surface area contributed by atoms with Crippen molar-refractivity contribution in [1.29, 1.82) is 0 Å². The fourth-order valence-corrected chi connectivity index (χ4v) is 1.87. The highest BCUT2D eigenvalue weighted by Gasteiger charge is 2.12. The molecule has 2 aromatic rings. The van der Waals surface area contributed by atoms with Crippen molar-refractivity contribution >= 4 is 17.6 Å². The molecule has 2 aromatic carbocycles. The van der Waals surface area contributed by atoms with Gasteiger partial charge in [-0.15, -0.1) is 0 Å². The lowest BCUT2D eigenvalue weighted by Crippen LogP contribution is -2.21. The second-order valence-corrected chi connectivity index (χ2v) is 4.56. The largest absolute Gasteiger partial charge is 0.492 e. The number of rotatable bonds is 6. The summed E-state index contributed by atoms with van der Waals surface area (Å²) in [6, 6.07) is 12.0. The zero-order chi connectivity index (χ0) is 16.7. The summed E-state index contributed by atoms with van der Waals surface area (Å²) in [4.78, 5) is 23.6. The predicted octanol–water partition coefficient (Wildman–Crippen LogP) is 3.02. The van der Waals surface area contributed by atoms with E-state index < -0.39 is 24.3 Å². The maximum absolute atomic E-state index is 13.0. The first-order valence-electron chi connectivity index (χ1n) is 7.04. The summed E-state index contributed by atoms with van der Waals surface area (Å²) >= 11 is 0. The predicted molar refractivity (Wildman–Crippen MR) is 82.9 cm³/mol. The van der Waals surface area contributed by atoms with E-state index in [1.165, 1.54) is 18.2 Å². The van der Waals surface area contributed by atoms with Crippen LogP contribution in [0.2, 0.25) is 0 Å². The number of carbonyl (C=O) groups excluding carboxylic acids is 2. The smallest absolute Gasteiger partial charge is 0.338 e. The van der Waals surface area contributed by atoms with Gasteiger partial charge in [0.05, 0.1) is 17.9 Å². The van der Waals surface area contributed by atoms with Gasteiger partial charge in [-0.05, 0) is 37.3 Å². The number of hydrogen-bond acceptors (Lipinski definition) is 4. The lowest BCUT2D eigenvalue weighted by atomic mass is 10.2. The van der Waals surface area contributed by atoms with E-state index in [0.717, 1.165) is 6.07 Å². The van der Waals surface area contributed by atoms with Gasteiger partial charge in [-0.2, -0.15) is 0 Å². The van der Waals surface area contributed by atoms with Crippen LogP contribution in [-0.2, 0) is 9.53 Å². The van der Waals surface area contributed by atoms with Crippen LogP contribution < -0.4 is 10.1 Å². The number of anilines is 1. The molecular formula is C17H16FNO4. The SMILES string of the molecule is CCOc1ccccc1NC(=O)COC(=O)c1cccc(F)c1. The molecule has 0 aliphatic rings. The molecule has 6 heteroatoms. The molecule has 0 saturated carbocycles. The number of hydrogen-bond donors (Lipinski definition) is 1. The zero-order valence-corrected chi connectivity index (χ0v) is 12.5. The van der Waals surface area contributed by atoms with Crippen molar-refractivity contribution in [2.75, 3.05) is 18.5 Å². The Hall–Kier alpha value is -2.89. The van der Waals surface area contributed by atoms with E-state index in [2.05, 4.69) is 5.32 Å². The highest BCUT2D eigenvalue weighted by atomic mass is 19.1. The molecule has 0 saturated heterocycles. The first-order valence-corrected chi connectivity index (χ1v) is 7.04. The molecule has 0 bridgehead atoms. The Morgan fingerprint density at radius 1 is 1.13 bits per heavy atom. The molecule has 2 rings (SSSR count). The van der Waals surface area contributed by atoms with E-state index in [4.69, 9.17) is 9.47 Å². The molecule has 5 nitrogen and oxygen atoms in total. The van der Waals surface area contributed by atoms with E-state index in [1.54, 1.807) is 24.3 Å². The third-order valence-corrected chi connectivity index (χ3v) is 2.86. The lowest BCUT2D eigenvalue weighted by Gasteiger charge is -2.11. The Labute approximate surface area is 133 Å². The van der Waals surface area contributed by atoms with Crippen LogP contribution in [0.25, 0.3) is 0 Å². The third kappa shape index (κ3) is 4.81. The van der Waals surface area contributed by atoms with Gasteiger partial charge in [0.1, 0.15) is 11.6 Å². The van der Waals surface area contributed by atoms with Gasteiger partial charge in [-0.1, -0.05) is 18.2 Å². The van der Waals surface area contributed by atoms with Gasteiger partial charge in [0.25, 0.3) is 5.91 Å². The number of ether oxygens (including phenoxy) is 2. The molecule has 0 aliphatic carbocycles. The van der Waals surface area contributed by atoms with Gasteiger partial charge in [-0.3, -0.25) is 4.79 Å². The first kappa shape index (κ1) is 16.5. The van der Waals surface area contributed by atoms with Crippen LogP contribution in [-0.4, -0.2) is 25.1 Å². The van der Waals surface area contributed by atoms with Crippen molar-refractivity contribution in [3.05, 3.63) is 59.9 Å². The van der Waals surface area contributed by atoms with Crippen LogP contribution in [0.3, 0.4) is 0 Å². The number of benzene rings is 2. The Bertz CT molecular complexity index is 702. The minimum absolute atomic E-state index is 0.0486. The van der Waals surface area contributed by atoms with E-state index in [-0.39, 0.29) is 5.56 Å². The molecule has 0 fully saturated rings. The molecule has 23 heavy (non-hydrogen) atoms. The van der Waals surface area contributed by atoms with Gasteiger partial charge in [0, 0.05) is 0 Å². The fourth-order valence-electron chi connectivity index (χ4n) is 1.87. The second kappa shape index (κ2) is 7.93. The monoisotopic (exact) mass is 317 g/mol. The van der Waals surface area contributed by atoms with Gasteiger partial charge in [-0.25, -0.2) is 9.18 Å². The van der Waals surface area contributed by atoms with Gasteiger partial charge in [0.15, 0.2) is 6.61 Å². The maximum Gasteiger partial charge on any atom is 0.338 e. The van der Waals surface area contributed by atoms with E-state index in [9.17, 15) is 14.0 Å². The molecular weight excluding hydrogens is 301 g/mol. The van der Waals surface area contributed by atoms with Crippen LogP contribution in [0.5, 0.6) is 5.75 Å².